The molecule has 1 aromatic carbocycles. The van der Waals surface area contributed by atoms with E-state index in [1.165, 1.54) is 6.07 Å². The molecule has 0 spiro atoms. The van der Waals surface area contributed by atoms with Crippen LogP contribution in [0.3, 0.4) is 0 Å². The standard InChI is InChI=1S/C17H18N4O5/c1-2-9(14(18)23)19-10-5-3-4-8-13(10)17(26)21(16(8)25)11-6-7-12(22)20-15(11)24/h3-5,9,11,19H,2,6-7H2,1H3,(H2,18,23)(H,20,22,24). The first-order chi connectivity index (χ1) is 12.3. The van der Waals surface area contributed by atoms with Gasteiger partial charge in [-0.1, -0.05) is 13.0 Å². The average molecular weight is 358 g/mol. The fourth-order valence-corrected chi connectivity index (χ4v) is 3.20. The molecule has 2 heterocycles. The SMILES string of the molecule is CCC(Nc1cccc2c1C(=O)N(C1CCC(=O)NC1=O)C2=O)C(N)=O. The highest BCUT2D eigenvalue weighted by Crippen LogP contribution is 2.32. The molecule has 2 unspecified atom stereocenters. The molecule has 5 amide bonds. The van der Waals surface area contributed by atoms with Gasteiger partial charge in [0.05, 0.1) is 11.1 Å². The molecule has 4 N–H and O–H groups in total. The Kier molecular flexibility index (Phi) is 4.45. The summed E-state index contributed by atoms with van der Waals surface area (Å²) in [6.07, 6.45) is 0.532. The molecule has 1 saturated heterocycles. The Bertz CT molecular complexity index is 834. The molecule has 3 rings (SSSR count). The van der Waals surface area contributed by atoms with Gasteiger partial charge in [0, 0.05) is 12.1 Å². The highest BCUT2D eigenvalue weighted by molar-refractivity contribution is 6.25. The molecule has 0 bridgehead atoms. The first kappa shape index (κ1) is 17.6. The van der Waals surface area contributed by atoms with Crippen LogP contribution in [0.4, 0.5) is 5.69 Å². The summed E-state index contributed by atoms with van der Waals surface area (Å²) in [7, 11) is 0. The van der Waals surface area contributed by atoms with Crippen molar-refractivity contribution in [3.8, 4) is 0 Å². The Labute approximate surface area is 148 Å². The third-order valence-electron chi connectivity index (χ3n) is 4.55. The number of nitrogens with one attached hydrogen (secondary N) is 2. The van der Waals surface area contributed by atoms with E-state index < -0.39 is 41.6 Å². The molecule has 136 valence electrons. The van der Waals surface area contributed by atoms with Gasteiger partial charge in [-0.15, -0.1) is 0 Å². The number of carbonyl (C=O) groups excluding carboxylic acids is 5. The van der Waals surface area contributed by atoms with Crippen molar-refractivity contribution in [2.45, 2.75) is 38.3 Å². The Morgan fingerprint density at radius 3 is 2.65 bits per heavy atom. The number of nitrogens with zero attached hydrogens (tertiary/aromatic N) is 1. The second kappa shape index (κ2) is 6.58. The first-order valence-electron chi connectivity index (χ1n) is 8.25. The van der Waals surface area contributed by atoms with Crippen molar-refractivity contribution in [3.63, 3.8) is 0 Å². The summed E-state index contributed by atoms with van der Waals surface area (Å²) in [5, 5.41) is 5.04. The maximum absolute atomic E-state index is 12.9. The molecule has 2 aliphatic rings. The van der Waals surface area contributed by atoms with Crippen molar-refractivity contribution < 1.29 is 24.0 Å². The third kappa shape index (κ3) is 2.81. The molecule has 0 aliphatic carbocycles. The topological polar surface area (TPSA) is 139 Å². The Balaban J connectivity index is 1.95. The number of hydrogen-bond donors (Lipinski definition) is 3. The summed E-state index contributed by atoms with van der Waals surface area (Å²) in [4.78, 5) is 61.3. The minimum Gasteiger partial charge on any atom is -0.373 e. The van der Waals surface area contributed by atoms with Crippen LogP contribution in [0.15, 0.2) is 18.2 Å². The first-order valence-corrected chi connectivity index (χ1v) is 8.25. The molecule has 0 aromatic heterocycles. The number of rotatable bonds is 5. The minimum atomic E-state index is -1.04. The summed E-state index contributed by atoms with van der Waals surface area (Å²) >= 11 is 0. The summed E-state index contributed by atoms with van der Waals surface area (Å²) in [6, 6.07) is 2.90. The quantitative estimate of drug-likeness (QED) is 0.621. The molecule has 2 atom stereocenters. The zero-order chi connectivity index (χ0) is 19.0. The fourth-order valence-electron chi connectivity index (χ4n) is 3.20. The van der Waals surface area contributed by atoms with E-state index in [4.69, 9.17) is 5.73 Å². The van der Waals surface area contributed by atoms with Crippen LogP contribution in [0, 0.1) is 0 Å². The minimum absolute atomic E-state index is 0.0501. The van der Waals surface area contributed by atoms with Crippen molar-refractivity contribution in [1.29, 1.82) is 0 Å². The number of fused-ring (bicyclic) bond motifs is 1. The van der Waals surface area contributed by atoms with Gasteiger partial charge in [0.2, 0.25) is 17.7 Å². The number of anilines is 1. The lowest BCUT2D eigenvalue weighted by Gasteiger charge is -2.27. The number of nitrogens with two attached hydrogens (primary N) is 1. The normalized spacial score (nSPS) is 20.7. The predicted octanol–water partition coefficient (Wildman–Crippen LogP) is -0.236. The van der Waals surface area contributed by atoms with Gasteiger partial charge in [-0.25, -0.2) is 0 Å². The van der Waals surface area contributed by atoms with E-state index in [0.29, 0.717) is 12.1 Å². The van der Waals surface area contributed by atoms with Gasteiger partial charge >= 0.3 is 0 Å². The van der Waals surface area contributed by atoms with E-state index in [1.807, 2.05) is 0 Å². The highest BCUT2D eigenvalue weighted by atomic mass is 16.2. The molecule has 9 nitrogen and oxygen atoms in total. The van der Waals surface area contributed by atoms with E-state index in [1.54, 1.807) is 19.1 Å². The summed E-state index contributed by atoms with van der Waals surface area (Å²) in [6.45, 7) is 1.76. The van der Waals surface area contributed by atoms with Crippen LogP contribution in [-0.2, 0) is 14.4 Å². The third-order valence-corrected chi connectivity index (χ3v) is 4.55. The number of amides is 5. The zero-order valence-electron chi connectivity index (χ0n) is 14.1. The van der Waals surface area contributed by atoms with Crippen LogP contribution in [0.1, 0.15) is 46.9 Å². The monoisotopic (exact) mass is 358 g/mol. The van der Waals surface area contributed by atoms with Crippen molar-refractivity contribution in [2.75, 3.05) is 5.32 Å². The Morgan fingerprint density at radius 1 is 1.31 bits per heavy atom. The second-order valence-electron chi connectivity index (χ2n) is 6.18. The smallest absolute Gasteiger partial charge is 0.264 e. The van der Waals surface area contributed by atoms with E-state index in [0.717, 1.165) is 4.90 Å². The van der Waals surface area contributed by atoms with Gasteiger partial charge in [0.15, 0.2) is 0 Å². The van der Waals surface area contributed by atoms with E-state index in [9.17, 15) is 24.0 Å². The molecule has 1 fully saturated rings. The van der Waals surface area contributed by atoms with Crippen LogP contribution in [0.5, 0.6) is 0 Å². The van der Waals surface area contributed by atoms with E-state index in [2.05, 4.69) is 10.6 Å². The Morgan fingerprint density at radius 2 is 2.04 bits per heavy atom. The highest BCUT2D eigenvalue weighted by Gasteiger charge is 2.45. The number of hydrogen-bond acceptors (Lipinski definition) is 6. The predicted molar refractivity (Wildman–Crippen MR) is 90.0 cm³/mol. The summed E-state index contributed by atoms with van der Waals surface area (Å²) in [5.74, 6) is -2.92. The number of primary amides is 1. The van der Waals surface area contributed by atoms with Gasteiger partial charge in [0.1, 0.15) is 12.1 Å². The molecular weight excluding hydrogens is 340 g/mol. The number of benzene rings is 1. The van der Waals surface area contributed by atoms with E-state index >= 15 is 0 Å². The molecule has 0 saturated carbocycles. The molecule has 1 aromatic rings. The van der Waals surface area contributed by atoms with E-state index in [-0.39, 0.29) is 24.0 Å². The lowest BCUT2D eigenvalue weighted by molar-refractivity contribution is -0.136. The van der Waals surface area contributed by atoms with Crippen molar-refractivity contribution >= 4 is 35.2 Å². The molecule has 26 heavy (non-hydrogen) atoms. The zero-order valence-corrected chi connectivity index (χ0v) is 14.1. The Hall–Kier alpha value is -3.23. The van der Waals surface area contributed by atoms with Gasteiger partial charge in [-0.05, 0) is 25.0 Å². The van der Waals surface area contributed by atoms with Gasteiger partial charge < -0.3 is 11.1 Å². The molecule has 9 heteroatoms. The van der Waals surface area contributed by atoms with Crippen LogP contribution in [0.25, 0.3) is 0 Å². The number of carbonyl (C=O) groups is 5. The maximum Gasteiger partial charge on any atom is 0.264 e. The summed E-state index contributed by atoms with van der Waals surface area (Å²) in [5.41, 5.74) is 5.88. The fraction of sp³-hybridized carbons (Fsp3) is 0.353. The van der Waals surface area contributed by atoms with Crippen LogP contribution >= 0.6 is 0 Å². The molecule has 2 aliphatic heterocycles. The second-order valence-corrected chi connectivity index (χ2v) is 6.18. The van der Waals surface area contributed by atoms with Crippen molar-refractivity contribution in [1.82, 2.24) is 10.2 Å². The lowest BCUT2D eigenvalue weighted by atomic mass is 10.0. The lowest BCUT2D eigenvalue weighted by Crippen LogP contribution is -2.54. The molecular formula is C17H18N4O5. The average Bonchev–Trinajstić information content (AvgIpc) is 2.85. The largest absolute Gasteiger partial charge is 0.373 e. The number of piperidine rings is 1. The van der Waals surface area contributed by atoms with Gasteiger partial charge in [-0.2, -0.15) is 0 Å². The van der Waals surface area contributed by atoms with Crippen molar-refractivity contribution in [2.24, 2.45) is 5.73 Å². The van der Waals surface area contributed by atoms with Crippen LogP contribution in [-0.4, -0.2) is 46.5 Å². The van der Waals surface area contributed by atoms with Crippen LogP contribution < -0.4 is 16.4 Å². The van der Waals surface area contributed by atoms with Gasteiger partial charge in [-0.3, -0.25) is 34.2 Å². The van der Waals surface area contributed by atoms with Gasteiger partial charge in [0.25, 0.3) is 11.8 Å². The van der Waals surface area contributed by atoms with Crippen molar-refractivity contribution in [3.05, 3.63) is 29.3 Å². The number of imide groups is 2. The summed E-state index contributed by atoms with van der Waals surface area (Å²) < 4.78 is 0. The maximum atomic E-state index is 12.9. The molecule has 0 radical (unpaired) electrons. The van der Waals surface area contributed by atoms with Crippen LogP contribution in [0.2, 0.25) is 0 Å².